The number of benzene rings is 1. The minimum atomic E-state index is -0.0788. The topological polar surface area (TPSA) is 47.8 Å². The molecule has 0 fully saturated rings. The zero-order valence-corrected chi connectivity index (χ0v) is 12.4. The summed E-state index contributed by atoms with van der Waals surface area (Å²) < 4.78 is 1.61. The van der Waals surface area contributed by atoms with Gasteiger partial charge in [0.1, 0.15) is 5.82 Å². The van der Waals surface area contributed by atoms with E-state index in [-0.39, 0.29) is 10.4 Å². The first-order chi connectivity index (χ1) is 9.68. The van der Waals surface area contributed by atoms with Crippen molar-refractivity contribution in [3.63, 3.8) is 0 Å². The largest absolute Gasteiger partial charge is 0.268 e. The lowest BCUT2D eigenvalue weighted by atomic mass is 10.2. The summed E-state index contributed by atoms with van der Waals surface area (Å²) in [5.74, 6) is 0.668. The molecule has 0 spiro atoms. The van der Waals surface area contributed by atoms with Crippen LogP contribution in [0.25, 0.3) is 16.6 Å². The molecule has 20 heavy (non-hydrogen) atoms. The number of rotatable bonds is 2. The predicted octanol–water partition coefficient (Wildman–Crippen LogP) is 3.24. The molecule has 2 aromatic heterocycles. The van der Waals surface area contributed by atoms with Crippen LogP contribution >= 0.6 is 15.9 Å². The smallest absolute Gasteiger partial charge is 0.266 e. The van der Waals surface area contributed by atoms with Gasteiger partial charge in [-0.2, -0.15) is 0 Å². The Bertz CT molecular complexity index is 812. The number of fused-ring (bicyclic) bond motifs is 1. The summed E-state index contributed by atoms with van der Waals surface area (Å²) in [6.07, 6.45) is 3.34. The van der Waals surface area contributed by atoms with E-state index in [4.69, 9.17) is 0 Å². The van der Waals surface area contributed by atoms with Crippen LogP contribution in [0.3, 0.4) is 0 Å². The maximum Gasteiger partial charge on any atom is 0.266 e. The third-order valence-electron chi connectivity index (χ3n) is 3.06. The molecular formula is C15H12BrN3O. The highest BCUT2D eigenvalue weighted by molar-refractivity contribution is 9.09. The summed E-state index contributed by atoms with van der Waals surface area (Å²) in [5, 5.41) is 0.605. The van der Waals surface area contributed by atoms with Gasteiger partial charge in [-0.05, 0) is 31.2 Å². The molecule has 0 saturated heterocycles. The van der Waals surface area contributed by atoms with Gasteiger partial charge in [0, 0.05) is 6.20 Å². The Morgan fingerprint density at radius 2 is 2.00 bits per heavy atom. The van der Waals surface area contributed by atoms with E-state index in [1.165, 1.54) is 0 Å². The van der Waals surface area contributed by atoms with Crippen molar-refractivity contribution >= 4 is 26.8 Å². The summed E-state index contributed by atoms with van der Waals surface area (Å²) in [6, 6.07) is 11.0. The van der Waals surface area contributed by atoms with E-state index in [0.29, 0.717) is 16.7 Å². The van der Waals surface area contributed by atoms with Gasteiger partial charge in [-0.3, -0.25) is 14.3 Å². The highest BCUT2D eigenvalue weighted by atomic mass is 79.9. The SMILES string of the molecule is CC(Br)c1nc2ccccc2c(=O)n1-c1cccnc1. The van der Waals surface area contributed by atoms with Crippen molar-refractivity contribution in [1.29, 1.82) is 0 Å². The van der Waals surface area contributed by atoms with Crippen LogP contribution in [0.5, 0.6) is 0 Å². The van der Waals surface area contributed by atoms with Crippen LogP contribution in [0.4, 0.5) is 0 Å². The van der Waals surface area contributed by atoms with Crippen molar-refractivity contribution in [1.82, 2.24) is 14.5 Å². The molecule has 4 nitrogen and oxygen atoms in total. The van der Waals surface area contributed by atoms with Crippen molar-refractivity contribution in [3.8, 4) is 5.69 Å². The molecule has 0 radical (unpaired) electrons. The Labute approximate surface area is 124 Å². The van der Waals surface area contributed by atoms with Gasteiger partial charge in [0.05, 0.1) is 27.6 Å². The van der Waals surface area contributed by atoms with Crippen LogP contribution in [0.15, 0.2) is 53.6 Å². The number of aromatic nitrogens is 3. The summed E-state index contributed by atoms with van der Waals surface area (Å²) in [5.41, 5.74) is 1.35. The van der Waals surface area contributed by atoms with E-state index >= 15 is 0 Å². The van der Waals surface area contributed by atoms with Crippen molar-refractivity contribution in [3.05, 3.63) is 65.0 Å². The van der Waals surface area contributed by atoms with Crippen LogP contribution in [-0.2, 0) is 0 Å². The lowest BCUT2D eigenvalue weighted by Gasteiger charge is -2.14. The maximum absolute atomic E-state index is 12.7. The zero-order chi connectivity index (χ0) is 14.1. The second kappa shape index (κ2) is 5.17. The molecule has 5 heteroatoms. The van der Waals surface area contributed by atoms with Crippen molar-refractivity contribution < 1.29 is 0 Å². The summed E-state index contributed by atoms with van der Waals surface area (Å²) >= 11 is 3.51. The average molecular weight is 330 g/mol. The number of para-hydroxylation sites is 1. The number of nitrogens with zero attached hydrogens (tertiary/aromatic N) is 3. The van der Waals surface area contributed by atoms with Crippen molar-refractivity contribution in [2.75, 3.05) is 0 Å². The molecule has 0 N–H and O–H groups in total. The normalized spacial score (nSPS) is 12.5. The van der Waals surface area contributed by atoms with Crippen LogP contribution in [0.2, 0.25) is 0 Å². The molecule has 2 heterocycles. The van der Waals surface area contributed by atoms with Gasteiger partial charge in [0.25, 0.3) is 5.56 Å². The lowest BCUT2D eigenvalue weighted by Crippen LogP contribution is -2.24. The van der Waals surface area contributed by atoms with E-state index in [1.54, 1.807) is 29.1 Å². The van der Waals surface area contributed by atoms with E-state index in [9.17, 15) is 4.79 Å². The molecule has 1 atom stereocenters. The van der Waals surface area contributed by atoms with Gasteiger partial charge in [0.15, 0.2) is 0 Å². The van der Waals surface area contributed by atoms with E-state index in [1.807, 2.05) is 31.2 Å². The fourth-order valence-corrected chi connectivity index (χ4v) is 2.46. The molecule has 1 aromatic carbocycles. The van der Waals surface area contributed by atoms with Gasteiger partial charge >= 0.3 is 0 Å². The Hall–Kier alpha value is -2.01. The molecule has 100 valence electrons. The molecule has 1 unspecified atom stereocenters. The van der Waals surface area contributed by atoms with Gasteiger partial charge < -0.3 is 0 Å². The standard InChI is InChI=1S/C15H12BrN3O/c1-10(16)14-18-13-7-3-2-6-12(13)15(20)19(14)11-5-4-8-17-9-11/h2-10H,1H3. The highest BCUT2D eigenvalue weighted by Crippen LogP contribution is 2.22. The van der Waals surface area contributed by atoms with E-state index in [2.05, 4.69) is 25.9 Å². The minimum absolute atomic E-state index is 0.0417. The lowest BCUT2D eigenvalue weighted by molar-refractivity contribution is 0.825. The zero-order valence-electron chi connectivity index (χ0n) is 10.8. The highest BCUT2D eigenvalue weighted by Gasteiger charge is 2.15. The molecular weight excluding hydrogens is 318 g/mol. The molecule has 0 aliphatic carbocycles. The average Bonchev–Trinajstić information content (AvgIpc) is 2.48. The molecule has 0 amide bonds. The number of hydrogen-bond acceptors (Lipinski definition) is 3. The van der Waals surface area contributed by atoms with Gasteiger partial charge in [-0.25, -0.2) is 4.98 Å². The van der Waals surface area contributed by atoms with Crippen molar-refractivity contribution in [2.24, 2.45) is 0 Å². The first-order valence-corrected chi connectivity index (χ1v) is 7.16. The maximum atomic E-state index is 12.7. The second-order valence-electron chi connectivity index (χ2n) is 4.45. The summed E-state index contributed by atoms with van der Waals surface area (Å²) in [6.45, 7) is 1.95. The van der Waals surface area contributed by atoms with Crippen LogP contribution < -0.4 is 5.56 Å². The summed E-state index contributed by atoms with van der Waals surface area (Å²) in [4.78, 5) is 21.4. The molecule has 3 aromatic rings. The fourth-order valence-electron chi connectivity index (χ4n) is 2.15. The van der Waals surface area contributed by atoms with Gasteiger partial charge in [-0.15, -0.1) is 0 Å². The molecule has 0 aliphatic heterocycles. The van der Waals surface area contributed by atoms with Crippen LogP contribution in [0, 0.1) is 0 Å². The third kappa shape index (κ3) is 2.14. The first-order valence-electron chi connectivity index (χ1n) is 6.24. The Morgan fingerprint density at radius 1 is 1.20 bits per heavy atom. The van der Waals surface area contributed by atoms with Crippen LogP contribution in [-0.4, -0.2) is 14.5 Å². The van der Waals surface area contributed by atoms with E-state index in [0.717, 1.165) is 5.69 Å². The molecule has 0 bridgehead atoms. The number of hydrogen-bond donors (Lipinski definition) is 0. The molecule has 0 saturated carbocycles. The fraction of sp³-hybridized carbons (Fsp3) is 0.133. The summed E-state index contributed by atoms with van der Waals surface area (Å²) in [7, 11) is 0. The number of alkyl halides is 1. The van der Waals surface area contributed by atoms with E-state index < -0.39 is 0 Å². The predicted molar refractivity (Wildman–Crippen MR) is 82.5 cm³/mol. The molecule has 0 aliphatic rings. The Balaban J connectivity index is 2.43. The Morgan fingerprint density at radius 3 is 2.70 bits per heavy atom. The van der Waals surface area contributed by atoms with Crippen molar-refractivity contribution in [2.45, 2.75) is 11.8 Å². The second-order valence-corrected chi connectivity index (χ2v) is 5.83. The Kier molecular flexibility index (Phi) is 3.36. The molecule has 3 rings (SSSR count). The van der Waals surface area contributed by atoms with Crippen LogP contribution in [0.1, 0.15) is 17.6 Å². The monoisotopic (exact) mass is 329 g/mol. The minimum Gasteiger partial charge on any atom is -0.268 e. The third-order valence-corrected chi connectivity index (χ3v) is 3.47. The van der Waals surface area contributed by atoms with Gasteiger partial charge in [0.2, 0.25) is 0 Å². The first kappa shape index (κ1) is 13.0. The quantitative estimate of drug-likeness (QED) is 0.678. The number of halogens is 1. The van der Waals surface area contributed by atoms with Gasteiger partial charge in [-0.1, -0.05) is 28.1 Å². The number of pyridine rings is 1.